The minimum Gasteiger partial charge on any atom is -0.352 e. The zero-order valence-electron chi connectivity index (χ0n) is 23.9. The second-order valence-electron chi connectivity index (χ2n) is 10.3. The SMILES string of the molecule is CC(C)NC(=O)C(Cc1ccccc1)N(Cc1ccccc1Cl)C(=O)CN(c1ccccc1F)S(=O)(=O)c1ccccc1. The molecule has 224 valence electrons. The molecule has 4 aromatic rings. The number of rotatable bonds is 12. The third-order valence-electron chi connectivity index (χ3n) is 6.73. The van der Waals surface area contributed by atoms with Gasteiger partial charge in [0.2, 0.25) is 11.8 Å². The Morgan fingerprint density at radius 1 is 0.837 bits per heavy atom. The third kappa shape index (κ3) is 8.00. The van der Waals surface area contributed by atoms with Crippen molar-refractivity contribution >= 4 is 39.1 Å². The van der Waals surface area contributed by atoms with Crippen molar-refractivity contribution in [1.29, 1.82) is 0 Å². The maximum Gasteiger partial charge on any atom is 0.264 e. The molecule has 0 aliphatic carbocycles. The molecule has 43 heavy (non-hydrogen) atoms. The van der Waals surface area contributed by atoms with E-state index in [0.717, 1.165) is 15.9 Å². The molecule has 2 amide bonds. The van der Waals surface area contributed by atoms with Crippen LogP contribution in [-0.2, 0) is 32.6 Å². The van der Waals surface area contributed by atoms with Crippen molar-refractivity contribution in [1.82, 2.24) is 10.2 Å². The van der Waals surface area contributed by atoms with Crippen LogP contribution >= 0.6 is 11.6 Å². The molecule has 0 saturated carbocycles. The first kappa shape index (κ1) is 31.7. The Morgan fingerprint density at radius 3 is 2.05 bits per heavy atom. The Labute approximate surface area is 257 Å². The second-order valence-corrected chi connectivity index (χ2v) is 12.5. The molecule has 0 aliphatic rings. The van der Waals surface area contributed by atoms with E-state index in [1.165, 1.54) is 35.2 Å². The van der Waals surface area contributed by atoms with Crippen molar-refractivity contribution in [2.75, 3.05) is 10.8 Å². The first-order chi connectivity index (χ1) is 20.6. The van der Waals surface area contributed by atoms with E-state index in [2.05, 4.69) is 5.32 Å². The number of nitrogens with zero attached hydrogens (tertiary/aromatic N) is 2. The minimum atomic E-state index is -4.39. The number of benzene rings is 4. The number of para-hydroxylation sites is 1. The molecule has 0 bridgehead atoms. The van der Waals surface area contributed by atoms with Crippen LogP contribution in [0.2, 0.25) is 5.02 Å². The van der Waals surface area contributed by atoms with Crippen molar-refractivity contribution in [3.8, 4) is 0 Å². The summed E-state index contributed by atoms with van der Waals surface area (Å²) < 4.78 is 43.7. The number of sulfonamides is 1. The lowest BCUT2D eigenvalue weighted by Crippen LogP contribution is -2.54. The highest BCUT2D eigenvalue weighted by molar-refractivity contribution is 7.92. The maximum absolute atomic E-state index is 15.1. The van der Waals surface area contributed by atoms with Gasteiger partial charge in [0.05, 0.1) is 10.6 Å². The Bertz CT molecular complexity index is 1650. The molecule has 0 aliphatic heterocycles. The van der Waals surface area contributed by atoms with Gasteiger partial charge in [-0.1, -0.05) is 90.5 Å². The van der Waals surface area contributed by atoms with Gasteiger partial charge < -0.3 is 10.2 Å². The molecule has 1 unspecified atom stereocenters. The molecule has 0 fully saturated rings. The van der Waals surface area contributed by atoms with Gasteiger partial charge in [-0.05, 0) is 55.3 Å². The molecule has 1 N–H and O–H groups in total. The van der Waals surface area contributed by atoms with Crippen molar-refractivity contribution in [3.05, 3.63) is 131 Å². The van der Waals surface area contributed by atoms with E-state index in [1.54, 1.807) is 42.5 Å². The fraction of sp³-hybridized carbons (Fsp3) is 0.212. The Kier molecular flexibility index (Phi) is 10.6. The average Bonchev–Trinajstić information content (AvgIpc) is 2.99. The van der Waals surface area contributed by atoms with Crippen LogP contribution in [0.4, 0.5) is 10.1 Å². The number of anilines is 1. The molecule has 7 nitrogen and oxygen atoms in total. The standard InChI is InChI=1S/C33H33ClFN3O4S/c1-24(2)36-33(40)31(21-25-13-5-3-6-14-25)37(22-26-15-9-10-18-28(26)34)32(39)23-38(30-20-12-11-19-29(30)35)43(41,42)27-16-7-4-8-17-27/h3-20,24,31H,21-23H2,1-2H3,(H,36,40). The van der Waals surface area contributed by atoms with Crippen molar-refractivity contribution in [2.45, 2.75) is 43.8 Å². The summed E-state index contributed by atoms with van der Waals surface area (Å²) in [6, 6.07) is 27.7. The summed E-state index contributed by atoms with van der Waals surface area (Å²) >= 11 is 6.48. The van der Waals surface area contributed by atoms with Crippen molar-refractivity contribution in [2.24, 2.45) is 0 Å². The number of hydrogen-bond donors (Lipinski definition) is 1. The first-order valence-corrected chi connectivity index (χ1v) is 15.6. The zero-order valence-corrected chi connectivity index (χ0v) is 25.4. The van der Waals surface area contributed by atoms with E-state index in [0.29, 0.717) is 10.6 Å². The van der Waals surface area contributed by atoms with Crippen LogP contribution in [0.5, 0.6) is 0 Å². The summed E-state index contributed by atoms with van der Waals surface area (Å²) in [4.78, 5) is 29.2. The van der Waals surface area contributed by atoms with Gasteiger partial charge >= 0.3 is 0 Å². The molecule has 4 aromatic carbocycles. The maximum atomic E-state index is 15.1. The van der Waals surface area contributed by atoms with Crippen LogP contribution < -0.4 is 9.62 Å². The lowest BCUT2D eigenvalue weighted by molar-refractivity contribution is -0.140. The zero-order chi connectivity index (χ0) is 31.0. The number of amides is 2. The molecule has 0 saturated heterocycles. The van der Waals surface area contributed by atoms with Gasteiger partial charge in [0.15, 0.2) is 0 Å². The predicted molar refractivity (Wildman–Crippen MR) is 167 cm³/mol. The van der Waals surface area contributed by atoms with Gasteiger partial charge in [-0.15, -0.1) is 0 Å². The monoisotopic (exact) mass is 621 g/mol. The van der Waals surface area contributed by atoms with Crippen molar-refractivity contribution in [3.63, 3.8) is 0 Å². The lowest BCUT2D eigenvalue weighted by atomic mass is 10.0. The van der Waals surface area contributed by atoms with E-state index in [1.807, 2.05) is 44.2 Å². The highest BCUT2D eigenvalue weighted by Gasteiger charge is 2.35. The van der Waals surface area contributed by atoms with Crippen LogP contribution in [0, 0.1) is 5.82 Å². The second kappa shape index (κ2) is 14.3. The van der Waals surface area contributed by atoms with Crippen LogP contribution in [0.15, 0.2) is 114 Å². The number of carbonyl (C=O) groups is 2. The molecule has 0 heterocycles. The van der Waals surface area contributed by atoms with E-state index in [4.69, 9.17) is 11.6 Å². The summed E-state index contributed by atoms with van der Waals surface area (Å²) in [6.07, 6.45) is 0.153. The average molecular weight is 622 g/mol. The summed E-state index contributed by atoms with van der Waals surface area (Å²) in [7, 11) is -4.39. The Morgan fingerprint density at radius 2 is 1.42 bits per heavy atom. The molecular formula is C33H33ClFN3O4S. The van der Waals surface area contributed by atoms with Crippen LogP contribution in [0.3, 0.4) is 0 Å². The van der Waals surface area contributed by atoms with Gasteiger partial charge in [0.1, 0.15) is 18.4 Å². The normalized spacial score (nSPS) is 12.0. The fourth-order valence-corrected chi connectivity index (χ4v) is 6.27. The van der Waals surface area contributed by atoms with Gasteiger partial charge in [-0.2, -0.15) is 0 Å². The summed E-state index contributed by atoms with van der Waals surface area (Å²) in [5.74, 6) is -1.93. The number of nitrogens with one attached hydrogen (secondary N) is 1. The topological polar surface area (TPSA) is 86.8 Å². The summed E-state index contributed by atoms with van der Waals surface area (Å²) in [6.45, 7) is 2.77. The van der Waals surface area contributed by atoms with E-state index < -0.39 is 40.2 Å². The minimum absolute atomic E-state index is 0.0853. The molecule has 0 radical (unpaired) electrons. The first-order valence-electron chi connectivity index (χ1n) is 13.8. The quantitative estimate of drug-likeness (QED) is 0.215. The van der Waals surface area contributed by atoms with Crippen molar-refractivity contribution < 1.29 is 22.4 Å². The molecule has 0 spiro atoms. The van der Waals surface area contributed by atoms with Gasteiger partial charge in [0.25, 0.3) is 10.0 Å². The van der Waals surface area contributed by atoms with Crippen LogP contribution in [0.1, 0.15) is 25.0 Å². The predicted octanol–water partition coefficient (Wildman–Crippen LogP) is 5.84. The molecule has 4 rings (SSSR count). The fourth-order valence-electron chi connectivity index (χ4n) is 4.63. The van der Waals surface area contributed by atoms with Gasteiger partial charge in [0, 0.05) is 24.0 Å². The lowest BCUT2D eigenvalue weighted by Gasteiger charge is -2.34. The smallest absolute Gasteiger partial charge is 0.264 e. The Balaban J connectivity index is 1.82. The molecule has 10 heteroatoms. The van der Waals surface area contributed by atoms with E-state index in [9.17, 15) is 18.0 Å². The molecule has 0 aromatic heterocycles. The number of halogens is 2. The number of hydrogen-bond acceptors (Lipinski definition) is 4. The summed E-state index contributed by atoms with van der Waals surface area (Å²) in [5.41, 5.74) is 1.08. The van der Waals surface area contributed by atoms with E-state index in [-0.39, 0.29) is 29.6 Å². The van der Waals surface area contributed by atoms with Crippen LogP contribution in [-0.4, -0.2) is 43.8 Å². The third-order valence-corrected chi connectivity index (χ3v) is 8.87. The number of carbonyl (C=O) groups excluding carboxylic acids is 2. The highest BCUT2D eigenvalue weighted by atomic mass is 35.5. The van der Waals surface area contributed by atoms with E-state index >= 15 is 4.39 Å². The summed E-state index contributed by atoms with van der Waals surface area (Å²) in [5, 5.41) is 3.27. The molecule has 1 atom stereocenters. The van der Waals surface area contributed by atoms with Gasteiger partial charge in [-0.3, -0.25) is 13.9 Å². The Hall–Kier alpha value is -4.21. The van der Waals surface area contributed by atoms with Crippen LogP contribution in [0.25, 0.3) is 0 Å². The molecular weight excluding hydrogens is 589 g/mol. The highest BCUT2D eigenvalue weighted by Crippen LogP contribution is 2.28. The van der Waals surface area contributed by atoms with Gasteiger partial charge in [-0.25, -0.2) is 12.8 Å². The largest absolute Gasteiger partial charge is 0.352 e.